The number of nitrogens with one attached hydrogen (secondary N) is 1. The molecule has 2 aromatic heterocycles. The van der Waals surface area contributed by atoms with E-state index in [1.54, 1.807) is 6.08 Å². The molecule has 1 saturated heterocycles. The van der Waals surface area contributed by atoms with E-state index in [2.05, 4.69) is 27.4 Å². The van der Waals surface area contributed by atoms with Crippen LogP contribution in [0.3, 0.4) is 0 Å². The monoisotopic (exact) mass is 379 g/mol. The average Bonchev–Trinajstić information content (AvgIpc) is 2.68. The molecule has 0 bridgehead atoms. The lowest BCUT2D eigenvalue weighted by molar-refractivity contribution is -0.127. The molecule has 3 rings (SSSR count). The molecule has 0 unspecified atom stereocenters. The number of piperidine rings is 1. The SMILES string of the molecule is Cc1cccc(Nc2cc(C3CCN(C(=O)/C=C/CN(C)C)CC3)ccn2)n1. The summed E-state index contributed by atoms with van der Waals surface area (Å²) in [5.41, 5.74) is 2.23. The normalized spacial score (nSPS) is 15.4. The number of anilines is 2. The molecule has 0 saturated carbocycles. The molecule has 3 heterocycles. The molecule has 0 radical (unpaired) electrons. The second-order valence-electron chi connectivity index (χ2n) is 7.53. The standard InChI is InChI=1S/C22H29N5O/c1-17-6-4-7-20(24-17)25-21-16-19(9-12-23-21)18-10-14-27(15-11-18)22(28)8-5-13-26(2)3/h4-9,12,16,18H,10-11,13-15H2,1-3H3,(H,23,24,25)/b8-5+. The van der Waals surface area contributed by atoms with E-state index in [4.69, 9.17) is 0 Å². The summed E-state index contributed by atoms with van der Waals surface area (Å²) in [5, 5.41) is 3.28. The Morgan fingerprint density at radius 1 is 1.25 bits per heavy atom. The summed E-state index contributed by atoms with van der Waals surface area (Å²) in [5.74, 6) is 2.17. The third-order valence-electron chi connectivity index (χ3n) is 4.94. The second-order valence-corrected chi connectivity index (χ2v) is 7.53. The Kier molecular flexibility index (Phi) is 6.76. The summed E-state index contributed by atoms with van der Waals surface area (Å²) >= 11 is 0. The summed E-state index contributed by atoms with van der Waals surface area (Å²) in [6.07, 6.45) is 7.41. The number of rotatable bonds is 6. The van der Waals surface area contributed by atoms with Crippen LogP contribution in [-0.4, -0.2) is 59.4 Å². The first kappa shape index (κ1) is 20.0. The van der Waals surface area contributed by atoms with Gasteiger partial charge in [0.25, 0.3) is 0 Å². The smallest absolute Gasteiger partial charge is 0.246 e. The molecular weight excluding hydrogens is 350 g/mol. The van der Waals surface area contributed by atoms with Gasteiger partial charge in [0.05, 0.1) is 0 Å². The number of likely N-dealkylation sites (tertiary alicyclic amines) is 1. The minimum Gasteiger partial charge on any atom is -0.339 e. The first-order chi connectivity index (χ1) is 13.5. The van der Waals surface area contributed by atoms with Crippen LogP contribution in [0.2, 0.25) is 0 Å². The zero-order valence-corrected chi connectivity index (χ0v) is 16.9. The highest BCUT2D eigenvalue weighted by atomic mass is 16.2. The van der Waals surface area contributed by atoms with Gasteiger partial charge in [-0.2, -0.15) is 0 Å². The molecule has 6 heteroatoms. The third kappa shape index (κ3) is 5.63. The number of amides is 1. The van der Waals surface area contributed by atoms with E-state index in [0.29, 0.717) is 5.92 Å². The number of hydrogen-bond donors (Lipinski definition) is 1. The van der Waals surface area contributed by atoms with Gasteiger partial charge in [-0.3, -0.25) is 4.79 Å². The fourth-order valence-corrected chi connectivity index (χ4v) is 3.42. The van der Waals surface area contributed by atoms with Gasteiger partial charge in [-0.25, -0.2) is 9.97 Å². The summed E-state index contributed by atoms with van der Waals surface area (Å²) in [6.45, 7) is 4.34. The maximum Gasteiger partial charge on any atom is 0.246 e. The largest absolute Gasteiger partial charge is 0.339 e. The van der Waals surface area contributed by atoms with Crippen molar-refractivity contribution in [3.8, 4) is 0 Å². The topological polar surface area (TPSA) is 61.4 Å². The first-order valence-corrected chi connectivity index (χ1v) is 9.78. The van der Waals surface area contributed by atoms with Gasteiger partial charge in [-0.1, -0.05) is 12.1 Å². The molecule has 148 valence electrons. The van der Waals surface area contributed by atoms with Gasteiger partial charge in [0, 0.05) is 37.6 Å². The highest BCUT2D eigenvalue weighted by Crippen LogP contribution is 2.29. The maximum absolute atomic E-state index is 12.3. The van der Waals surface area contributed by atoms with E-state index in [1.165, 1.54) is 5.56 Å². The van der Waals surface area contributed by atoms with E-state index in [0.717, 1.165) is 49.8 Å². The Balaban J connectivity index is 1.57. The highest BCUT2D eigenvalue weighted by molar-refractivity contribution is 5.87. The second kappa shape index (κ2) is 9.46. The Labute approximate surface area is 167 Å². The molecule has 28 heavy (non-hydrogen) atoms. The van der Waals surface area contributed by atoms with Gasteiger partial charge in [0.15, 0.2) is 0 Å². The summed E-state index contributed by atoms with van der Waals surface area (Å²) < 4.78 is 0. The van der Waals surface area contributed by atoms with Crippen LogP contribution >= 0.6 is 0 Å². The van der Waals surface area contributed by atoms with Gasteiger partial charge in [0.1, 0.15) is 11.6 Å². The number of nitrogens with zero attached hydrogens (tertiary/aromatic N) is 4. The zero-order valence-electron chi connectivity index (χ0n) is 16.9. The third-order valence-corrected chi connectivity index (χ3v) is 4.94. The minimum absolute atomic E-state index is 0.114. The van der Waals surface area contributed by atoms with Crippen LogP contribution in [0.1, 0.15) is 30.0 Å². The van der Waals surface area contributed by atoms with Gasteiger partial charge in [-0.05, 0) is 69.6 Å². The lowest BCUT2D eigenvalue weighted by atomic mass is 9.90. The molecule has 1 amide bonds. The summed E-state index contributed by atoms with van der Waals surface area (Å²) in [4.78, 5) is 25.2. The molecule has 1 aliphatic rings. The van der Waals surface area contributed by atoms with E-state index in [-0.39, 0.29) is 5.91 Å². The molecule has 6 nitrogen and oxygen atoms in total. The lowest BCUT2D eigenvalue weighted by Gasteiger charge is -2.31. The first-order valence-electron chi connectivity index (χ1n) is 9.78. The zero-order chi connectivity index (χ0) is 19.9. The lowest BCUT2D eigenvalue weighted by Crippen LogP contribution is -2.37. The van der Waals surface area contributed by atoms with Crippen LogP contribution in [-0.2, 0) is 4.79 Å². The Morgan fingerprint density at radius 3 is 2.75 bits per heavy atom. The van der Waals surface area contributed by atoms with Gasteiger partial charge >= 0.3 is 0 Å². The van der Waals surface area contributed by atoms with Crippen molar-refractivity contribution in [2.75, 3.05) is 39.0 Å². The van der Waals surface area contributed by atoms with E-state index >= 15 is 0 Å². The number of carbonyl (C=O) groups is 1. The average molecular weight is 380 g/mol. The minimum atomic E-state index is 0.114. The summed E-state index contributed by atoms with van der Waals surface area (Å²) in [7, 11) is 3.99. The molecule has 0 aromatic carbocycles. The van der Waals surface area contributed by atoms with Crippen LogP contribution in [0.5, 0.6) is 0 Å². The van der Waals surface area contributed by atoms with Crippen LogP contribution < -0.4 is 5.32 Å². The molecule has 0 aliphatic carbocycles. The van der Waals surface area contributed by atoms with Crippen molar-refractivity contribution in [2.24, 2.45) is 0 Å². The van der Waals surface area contributed by atoms with Crippen molar-refractivity contribution in [2.45, 2.75) is 25.7 Å². The fourth-order valence-electron chi connectivity index (χ4n) is 3.42. The van der Waals surface area contributed by atoms with Crippen LogP contribution in [0, 0.1) is 6.92 Å². The fraction of sp³-hybridized carbons (Fsp3) is 0.409. The summed E-state index contributed by atoms with van der Waals surface area (Å²) in [6, 6.07) is 10.1. The Bertz CT molecular complexity index is 825. The molecule has 0 spiro atoms. The molecular formula is C22H29N5O. The number of aryl methyl sites for hydroxylation is 1. The molecule has 2 aromatic rings. The predicted octanol–water partition coefficient (Wildman–Crippen LogP) is 3.35. The number of aromatic nitrogens is 2. The number of carbonyl (C=O) groups excluding carboxylic acids is 1. The van der Waals surface area contributed by atoms with Crippen molar-refractivity contribution in [1.29, 1.82) is 0 Å². The number of hydrogen-bond acceptors (Lipinski definition) is 5. The quantitative estimate of drug-likeness (QED) is 0.780. The van der Waals surface area contributed by atoms with Crippen molar-refractivity contribution in [3.63, 3.8) is 0 Å². The van der Waals surface area contributed by atoms with Crippen molar-refractivity contribution < 1.29 is 4.79 Å². The highest BCUT2D eigenvalue weighted by Gasteiger charge is 2.23. The molecule has 1 N–H and O–H groups in total. The maximum atomic E-state index is 12.3. The Morgan fingerprint density at radius 2 is 2.04 bits per heavy atom. The Hall–Kier alpha value is -2.73. The van der Waals surface area contributed by atoms with Crippen molar-refractivity contribution in [1.82, 2.24) is 19.8 Å². The predicted molar refractivity (Wildman–Crippen MR) is 113 cm³/mol. The van der Waals surface area contributed by atoms with E-state index < -0.39 is 0 Å². The van der Waals surface area contributed by atoms with Gasteiger partial charge in [0.2, 0.25) is 5.91 Å². The van der Waals surface area contributed by atoms with Crippen molar-refractivity contribution in [3.05, 3.63) is 59.9 Å². The van der Waals surface area contributed by atoms with E-state index in [1.807, 2.05) is 61.3 Å². The van der Waals surface area contributed by atoms with Crippen LogP contribution in [0.25, 0.3) is 0 Å². The number of likely N-dealkylation sites (N-methyl/N-ethyl adjacent to an activating group) is 1. The molecule has 0 atom stereocenters. The van der Waals surface area contributed by atoms with Crippen molar-refractivity contribution >= 4 is 17.5 Å². The van der Waals surface area contributed by atoms with E-state index in [9.17, 15) is 4.79 Å². The van der Waals surface area contributed by atoms with Gasteiger partial charge in [-0.15, -0.1) is 0 Å². The van der Waals surface area contributed by atoms with Crippen LogP contribution in [0.4, 0.5) is 11.6 Å². The number of pyridine rings is 2. The van der Waals surface area contributed by atoms with Gasteiger partial charge < -0.3 is 15.1 Å². The van der Waals surface area contributed by atoms with Crippen LogP contribution in [0.15, 0.2) is 48.7 Å². The molecule has 1 fully saturated rings. The molecule has 1 aliphatic heterocycles.